The lowest BCUT2D eigenvalue weighted by atomic mass is 10.3. The van der Waals surface area contributed by atoms with Crippen LogP contribution in [-0.4, -0.2) is 26.9 Å². The van der Waals surface area contributed by atoms with Gasteiger partial charge in [-0.15, -0.1) is 0 Å². The van der Waals surface area contributed by atoms with Gasteiger partial charge < -0.3 is 20.1 Å². The fourth-order valence-electron chi connectivity index (χ4n) is 2.26. The van der Waals surface area contributed by atoms with Crippen molar-refractivity contribution in [2.75, 3.05) is 24.0 Å². The Kier molecular flexibility index (Phi) is 5.07. The average molecular weight is 379 g/mol. The number of sulfonamides is 1. The van der Waals surface area contributed by atoms with Crippen LogP contribution >= 0.6 is 12.2 Å². The van der Waals surface area contributed by atoms with Gasteiger partial charge in [0.05, 0.1) is 4.90 Å². The van der Waals surface area contributed by atoms with Crippen LogP contribution in [0.15, 0.2) is 47.4 Å². The summed E-state index contributed by atoms with van der Waals surface area (Å²) in [5.41, 5.74) is 1.43. The Morgan fingerprint density at radius 2 is 1.68 bits per heavy atom. The van der Waals surface area contributed by atoms with Crippen LogP contribution in [0, 0.1) is 0 Å². The van der Waals surface area contributed by atoms with Crippen LogP contribution in [0.3, 0.4) is 0 Å². The molecule has 7 nitrogen and oxygen atoms in total. The predicted octanol–water partition coefficient (Wildman–Crippen LogP) is 2.52. The number of hydrogen-bond donors (Lipinski definition) is 3. The van der Waals surface area contributed by atoms with E-state index in [0.717, 1.165) is 5.69 Å². The quantitative estimate of drug-likeness (QED) is 0.688. The molecule has 0 atom stereocenters. The SMILES string of the molecule is CCNS(=O)(=O)c1ccc(NC(=S)Nc2ccc3c(c2)OCO3)cc1. The van der Waals surface area contributed by atoms with E-state index < -0.39 is 10.0 Å². The minimum Gasteiger partial charge on any atom is -0.454 e. The molecule has 2 aromatic carbocycles. The summed E-state index contributed by atoms with van der Waals surface area (Å²) in [6, 6.07) is 11.8. The molecule has 0 aliphatic carbocycles. The highest BCUT2D eigenvalue weighted by molar-refractivity contribution is 7.89. The summed E-state index contributed by atoms with van der Waals surface area (Å²) >= 11 is 5.27. The largest absolute Gasteiger partial charge is 0.454 e. The second-order valence-corrected chi connectivity index (χ2v) is 7.35. The Morgan fingerprint density at radius 1 is 1.04 bits per heavy atom. The van der Waals surface area contributed by atoms with E-state index in [-0.39, 0.29) is 11.7 Å². The third kappa shape index (κ3) is 4.19. The van der Waals surface area contributed by atoms with Crippen molar-refractivity contribution in [2.24, 2.45) is 0 Å². The van der Waals surface area contributed by atoms with E-state index in [0.29, 0.717) is 28.8 Å². The average Bonchev–Trinajstić information content (AvgIpc) is 3.03. The maximum absolute atomic E-state index is 11.9. The van der Waals surface area contributed by atoms with E-state index in [2.05, 4.69) is 15.4 Å². The lowest BCUT2D eigenvalue weighted by Gasteiger charge is -2.11. The highest BCUT2D eigenvalue weighted by Crippen LogP contribution is 2.34. The Bertz CT molecular complexity index is 883. The molecule has 2 aromatic rings. The molecule has 3 N–H and O–H groups in total. The summed E-state index contributed by atoms with van der Waals surface area (Å²) in [5.74, 6) is 1.35. The Hall–Kier alpha value is -2.36. The molecular formula is C16H17N3O4S2. The summed E-state index contributed by atoms with van der Waals surface area (Å²) < 4.78 is 36.8. The molecule has 0 spiro atoms. The summed E-state index contributed by atoms with van der Waals surface area (Å²) in [6.45, 7) is 2.28. The summed E-state index contributed by atoms with van der Waals surface area (Å²) in [5, 5.41) is 6.42. The molecule has 1 aliphatic heterocycles. The normalized spacial score (nSPS) is 12.7. The number of thiocarbonyl (C=S) groups is 1. The number of nitrogens with one attached hydrogen (secondary N) is 3. The van der Waals surface area contributed by atoms with E-state index in [1.165, 1.54) is 12.1 Å². The van der Waals surface area contributed by atoms with E-state index in [9.17, 15) is 8.42 Å². The highest BCUT2D eigenvalue weighted by Gasteiger charge is 2.14. The molecule has 3 rings (SSSR count). The Morgan fingerprint density at radius 3 is 2.40 bits per heavy atom. The van der Waals surface area contributed by atoms with Crippen molar-refractivity contribution in [1.29, 1.82) is 0 Å². The van der Waals surface area contributed by atoms with Crippen molar-refractivity contribution in [3.8, 4) is 11.5 Å². The van der Waals surface area contributed by atoms with E-state index in [1.807, 2.05) is 6.07 Å². The third-order valence-corrected chi connectivity index (χ3v) is 5.15. The second kappa shape index (κ2) is 7.26. The molecule has 0 bridgehead atoms. The Balaban J connectivity index is 1.63. The van der Waals surface area contributed by atoms with Crippen LogP contribution in [-0.2, 0) is 10.0 Å². The minimum absolute atomic E-state index is 0.203. The molecule has 0 aromatic heterocycles. The van der Waals surface area contributed by atoms with Crippen molar-refractivity contribution in [2.45, 2.75) is 11.8 Å². The molecule has 25 heavy (non-hydrogen) atoms. The highest BCUT2D eigenvalue weighted by atomic mass is 32.2. The zero-order valence-electron chi connectivity index (χ0n) is 13.4. The summed E-state index contributed by atoms with van der Waals surface area (Å²) in [7, 11) is -3.46. The standard InChI is InChI=1S/C16H17N3O4S2/c1-2-17-25(20,21)13-6-3-11(4-7-13)18-16(24)19-12-5-8-14-15(9-12)23-10-22-14/h3-9,17H,2,10H2,1H3,(H2,18,19,24). The van der Waals surface area contributed by atoms with Crippen molar-refractivity contribution >= 4 is 38.7 Å². The molecule has 1 aliphatic rings. The topological polar surface area (TPSA) is 88.7 Å². The van der Waals surface area contributed by atoms with Crippen molar-refractivity contribution in [3.63, 3.8) is 0 Å². The molecule has 0 saturated carbocycles. The van der Waals surface area contributed by atoms with Gasteiger partial charge in [-0.05, 0) is 48.6 Å². The molecule has 0 radical (unpaired) electrons. The van der Waals surface area contributed by atoms with Crippen LogP contribution < -0.4 is 24.8 Å². The van der Waals surface area contributed by atoms with Gasteiger partial charge in [0.15, 0.2) is 16.6 Å². The summed E-state index contributed by atoms with van der Waals surface area (Å²) in [6.07, 6.45) is 0. The van der Waals surface area contributed by atoms with Gasteiger partial charge in [0.2, 0.25) is 16.8 Å². The number of rotatable bonds is 5. The molecule has 132 valence electrons. The van der Waals surface area contributed by atoms with Gasteiger partial charge in [0.1, 0.15) is 0 Å². The first kappa shape index (κ1) is 17.5. The second-order valence-electron chi connectivity index (χ2n) is 5.17. The molecule has 1 heterocycles. The molecule has 9 heteroatoms. The Labute approximate surface area is 151 Å². The van der Waals surface area contributed by atoms with Gasteiger partial charge in [0, 0.05) is 24.0 Å². The predicted molar refractivity (Wildman–Crippen MR) is 99.7 cm³/mol. The van der Waals surface area contributed by atoms with Crippen LogP contribution in [0.2, 0.25) is 0 Å². The molecular weight excluding hydrogens is 362 g/mol. The first-order valence-corrected chi connectivity index (χ1v) is 9.44. The maximum atomic E-state index is 11.9. The van der Waals surface area contributed by atoms with Crippen molar-refractivity contribution < 1.29 is 17.9 Å². The maximum Gasteiger partial charge on any atom is 0.240 e. The number of anilines is 2. The van der Waals surface area contributed by atoms with E-state index in [1.54, 1.807) is 31.2 Å². The van der Waals surface area contributed by atoms with Crippen LogP contribution in [0.4, 0.5) is 11.4 Å². The fraction of sp³-hybridized carbons (Fsp3) is 0.188. The number of ether oxygens (including phenoxy) is 2. The van der Waals surface area contributed by atoms with Crippen LogP contribution in [0.25, 0.3) is 0 Å². The van der Waals surface area contributed by atoms with Gasteiger partial charge in [-0.3, -0.25) is 0 Å². The zero-order chi connectivity index (χ0) is 17.9. The smallest absolute Gasteiger partial charge is 0.240 e. The van der Waals surface area contributed by atoms with Crippen LogP contribution in [0.5, 0.6) is 11.5 Å². The lowest BCUT2D eigenvalue weighted by molar-refractivity contribution is 0.174. The minimum atomic E-state index is -3.46. The van der Waals surface area contributed by atoms with Gasteiger partial charge in [-0.1, -0.05) is 6.92 Å². The van der Waals surface area contributed by atoms with Gasteiger partial charge in [0.25, 0.3) is 0 Å². The first-order valence-electron chi connectivity index (χ1n) is 7.55. The monoisotopic (exact) mass is 379 g/mol. The van der Waals surface area contributed by atoms with E-state index in [4.69, 9.17) is 21.7 Å². The van der Waals surface area contributed by atoms with Gasteiger partial charge in [-0.2, -0.15) is 0 Å². The van der Waals surface area contributed by atoms with E-state index >= 15 is 0 Å². The zero-order valence-corrected chi connectivity index (χ0v) is 15.0. The van der Waals surface area contributed by atoms with Crippen molar-refractivity contribution in [3.05, 3.63) is 42.5 Å². The number of fused-ring (bicyclic) bond motifs is 1. The van der Waals surface area contributed by atoms with Gasteiger partial charge >= 0.3 is 0 Å². The van der Waals surface area contributed by atoms with Crippen molar-refractivity contribution in [1.82, 2.24) is 4.72 Å². The molecule has 0 saturated heterocycles. The lowest BCUT2D eigenvalue weighted by Crippen LogP contribution is -2.23. The number of benzene rings is 2. The summed E-state index contributed by atoms with van der Waals surface area (Å²) in [4.78, 5) is 0.203. The fourth-order valence-corrected chi connectivity index (χ4v) is 3.54. The third-order valence-electron chi connectivity index (χ3n) is 3.39. The first-order chi connectivity index (χ1) is 12.0. The molecule has 0 unspecified atom stereocenters. The van der Waals surface area contributed by atoms with Crippen LogP contribution in [0.1, 0.15) is 6.92 Å². The number of hydrogen-bond acceptors (Lipinski definition) is 5. The van der Waals surface area contributed by atoms with Gasteiger partial charge in [-0.25, -0.2) is 13.1 Å². The molecule has 0 fully saturated rings. The molecule has 0 amide bonds.